The molecule has 0 atom stereocenters. The highest BCUT2D eigenvalue weighted by Gasteiger charge is 2.23. The Bertz CT molecular complexity index is 1360. The molecule has 1 amide bonds. The van der Waals surface area contributed by atoms with Gasteiger partial charge in [-0.05, 0) is 50.7 Å². The Balaban J connectivity index is 1.11. The average molecular weight is 515 g/mol. The van der Waals surface area contributed by atoms with Gasteiger partial charge in [-0.15, -0.1) is 11.3 Å². The molecule has 5 rings (SSSR count). The topological polar surface area (TPSA) is 83.0 Å². The van der Waals surface area contributed by atoms with E-state index in [-0.39, 0.29) is 11.9 Å². The second kappa shape index (κ2) is 11.3. The van der Waals surface area contributed by atoms with Gasteiger partial charge < -0.3 is 15.5 Å². The molecule has 192 valence electrons. The predicted molar refractivity (Wildman–Crippen MR) is 152 cm³/mol. The molecule has 2 N–H and O–H groups in total. The molecule has 0 aliphatic heterocycles. The van der Waals surface area contributed by atoms with Crippen molar-refractivity contribution >= 4 is 39.9 Å². The Morgan fingerprint density at radius 3 is 2.46 bits per heavy atom. The first-order valence-corrected chi connectivity index (χ1v) is 13.8. The second-order valence-corrected chi connectivity index (χ2v) is 11.2. The van der Waals surface area contributed by atoms with Crippen LogP contribution in [0.15, 0.2) is 54.6 Å². The zero-order chi connectivity index (χ0) is 25.8. The molecule has 1 aliphatic rings. The zero-order valence-electron chi connectivity index (χ0n) is 21.7. The van der Waals surface area contributed by atoms with Crippen molar-refractivity contribution in [3.05, 3.63) is 65.2 Å². The van der Waals surface area contributed by atoms with Crippen molar-refractivity contribution in [3.8, 4) is 10.6 Å². The van der Waals surface area contributed by atoms with Crippen molar-refractivity contribution in [1.29, 1.82) is 0 Å². The number of hydrogen-bond acceptors (Lipinski definition) is 7. The van der Waals surface area contributed by atoms with E-state index >= 15 is 0 Å². The summed E-state index contributed by atoms with van der Waals surface area (Å²) in [6.07, 6.45) is 4.46. The number of aryl methyl sites for hydroxylation is 1. The number of nitrogens with zero attached hydrogens (tertiary/aromatic N) is 4. The van der Waals surface area contributed by atoms with Crippen molar-refractivity contribution in [2.75, 3.05) is 30.9 Å². The smallest absolute Gasteiger partial charge is 0.226 e. The van der Waals surface area contributed by atoms with Crippen LogP contribution in [0.5, 0.6) is 0 Å². The van der Waals surface area contributed by atoms with Crippen LogP contribution in [-0.4, -0.2) is 47.5 Å². The first-order valence-electron chi connectivity index (χ1n) is 13.0. The summed E-state index contributed by atoms with van der Waals surface area (Å²) in [5, 5.41) is 8.75. The third kappa shape index (κ3) is 6.07. The van der Waals surface area contributed by atoms with Gasteiger partial charge in [0.25, 0.3) is 0 Å². The van der Waals surface area contributed by atoms with Crippen molar-refractivity contribution in [2.45, 2.75) is 45.1 Å². The molecule has 2 aromatic carbocycles. The van der Waals surface area contributed by atoms with Crippen molar-refractivity contribution < 1.29 is 4.79 Å². The fourth-order valence-corrected chi connectivity index (χ4v) is 5.89. The van der Waals surface area contributed by atoms with Gasteiger partial charge in [0.05, 0.1) is 17.6 Å². The average Bonchev–Trinajstić information content (AvgIpc) is 3.28. The summed E-state index contributed by atoms with van der Waals surface area (Å²) < 4.78 is 0. The summed E-state index contributed by atoms with van der Waals surface area (Å²) in [7, 11) is 4.01. The number of para-hydroxylation sites is 1. The lowest BCUT2D eigenvalue weighted by Gasteiger charge is -2.29. The van der Waals surface area contributed by atoms with Crippen LogP contribution in [0.3, 0.4) is 0 Å². The van der Waals surface area contributed by atoms with E-state index in [2.05, 4.69) is 28.8 Å². The minimum absolute atomic E-state index is 0.0652. The number of hydrogen-bond donors (Lipinski definition) is 2. The second-order valence-electron chi connectivity index (χ2n) is 10.0. The van der Waals surface area contributed by atoms with Crippen LogP contribution in [0.4, 0.5) is 11.8 Å². The number of anilines is 2. The number of rotatable bonds is 8. The van der Waals surface area contributed by atoms with Gasteiger partial charge in [0, 0.05) is 42.5 Å². The Hall–Kier alpha value is -3.52. The molecule has 0 radical (unpaired) electrons. The molecule has 37 heavy (non-hydrogen) atoms. The van der Waals surface area contributed by atoms with Gasteiger partial charge in [-0.1, -0.05) is 42.5 Å². The summed E-state index contributed by atoms with van der Waals surface area (Å²) in [4.78, 5) is 30.1. The van der Waals surface area contributed by atoms with Crippen LogP contribution in [-0.2, 0) is 11.2 Å². The molecule has 1 saturated carbocycles. The first-order chi connectivity index (χ1) is 18.0. The molecule has 2 aromatic heterocycles. The lowest BCUT2D eigenvalue weighted by atomic mass is 9.86. The van der Waals surface area contributed by atoms with Gasteiger partial charge >= 0.3 is 0 Å². The van der Waals surface area contributed by atoms with Gasteiger partial charge in [0.1, 0.15) is 10.8 Å². The Labute approximate surface area is 222 Å². The zero-order valence-corrected chi connectivity index (χ0v) is 22.5. The maximum Gasteiger partial charge on any atom is 0.226 e. The van der Waals surface area contributed by atoms with E-state index in [0.29, 0.717) is 18.3 Å². The molecule has 1 aliphatic carbocycles. The molecule has 0 bridgehead atoms. The monoisotopic (exact) mass is 514 g/mol. The van der Waals surface area contributed by atoms with Crippen LogP contribution in [0.25, 0.3) is 21.5 Å². The van der Waals surface area contributed by atoms with E-state index in [4.69, 9.17) is 15.0 Å². The van der Waals surface area contributed by atoms with E-state index in [1.54, 1.807) is 11.3 Å². The molecular formula is C29H34N6OS. The molecule has 0 spiro atoms. The number of nitrogens with one attached hydrogen (secondary N) is 2. The maximum atomic E-state index is 12.8. The molecule has 0 unspecified atom stereocenters. The summed E-state index contributed by atoms with van der Waals surface area (Å²) in [5.41, 5.74) is 2.93. The lowest BCUT2D eigenvalue weighted by Crippen LogP contribution is -2.39. The number of amides is 1. The van der Waals surface area contributed by atoms with Crippen LogP contribution in [0.2, 0.25) is 0 Å². The number of benzene rings is 2. The first kappa shape index (κ1) is 25.1. The molecular weight excluding hydrogens is 480 g/mol. The van der Waals surface area contributed by atoms with E-state index < -0.39 is 0 Å². The van der Waals surface area contributed by atoms with Gasteiger partial charge in [-0.2, -0.15) is 4.98 Å². The largest absolute Gasteiger partial charge is 0.362 e. The predicted octanol–water partition coefficient (Wildman–Crippen LogP) is 5.46. The summed E-state index contributed by atoms with van der Waals surface area (Å²) in [6.45, 7) is 2.89. The molecule has 8 heteroatoms. The maximum absolute atomic E-state index is 12.8. The Kier molecular flexibility index (Phi) is 7.65. The minimum Gasteiger partial charge on any atom is -0.362 e. The minimum atomic E-state index is 0.0652. The highest BCUT2D eigenvalue weighted by atomic mass is 32.1. The van der Waals surface area contributed by atoms with E-state index in [1.165, 1.54) is 0 Å². The third-order valence-electron chi connectivity index (χ3n) is 7.01. The summed E-state index contributed by atoms with van der Waals surface area (Å²) in [6, 6.07) is 18.5. The van der Waals surface area contributed by atoms with Gasteiger partial charge in [-0.25, -0.2) is 9.97 Å². The van der Waals surface area contributed by atoms with Gasteiger partial charge in [-0.3, -0.25) is 4.79 Å². The highest BCUT2D eigenvalue weighted by Crippen LogP contribution is 2.29. The van der Waals surface area contributed by atoms with Crippen LogP contribution < -0.4 is 15.5 Å². The van der Waals surface area contributed by atoms with E-state index in [0.717, 1.165) is 70.1 Å². The molecule has 4 aromatic rings. The number of fused-ring (bicyclic) bond motifs is 1. The summed E-state index contributed by atoms with van der Waals surface area (Å²) in [5.74, 6) is 2.20. The van der Waals surface area contributed by atoms with Crippen molar-refractivity contribution in [2.24, 2.45) is 5.92 Å². The Morgan fingerprint density at radius 2 is 1.70 bits per heavy atom. The SMILES string of the molecule is Cc1sc(-c2ccccc2)nc1CC(=O)NC1CCC(CNc2nc(N(C)C)c3ccccc3n2)CC1. The standard InChI is InChI=1S/C29H34N6OS/c1-19-25(32-28(37-19)21-9-5-4-6-10-21)17-26(36)31-22-15-13-20(14-16-22)18-30-29-33-24-12-8-7-11-23(24)27(34-29)35(2)3/h4-12,20,22H,13-18H2,1-3H3,(H,31,36)(H,30,33,34). The van der Waals surface area contributed by atoms with Gasteiger partial charge in [0.15, 0.2) is 0 Å². The third-order valence-corrected chi connectivity index (χ3v) is 8.07. The number of carbonyl (C=O) groups is 1. The number of carbonyl (C=O) groups excluding carboxylic acids is 1. The molecule has 0 saturated heterocycles. The Morgan fingerprint density at radius 1 is 0.973 bits per heavy atom. The fourth-order valence-electron chi connectivity index (χ4n) is 4.95. The van der Waals surface area contributed by atoms with E-state index in [1.807, 2.05) is 62.3 Å². The van der Waals surface area contributed by atoms with Crippen LogP contribution in [0, 0.1) is 12.8 Å². The van der Waals surface area contributed by atoms with Gasteiger partial charge in [0.2, 0.25) is 11.9 Å². The van der Waals surface area contributed by atoms with Crippen molar-refractivity contribution in [3.63, 3.8) is 0 Å². The van der Waals surface area contributed by atoms with Crippen molar-refractivity contribution in [1.82, 2.24) is 20.3 Å². The van der Waals surface area contributed by atoms with Crippen LogP contribution in [0.1, 0.15) is 36.3 Å². The lowest BCUT2D eigenvalue weighted by molar-refractivity contribution is -0.121. The normalized spacial score (nSPS) is 17.5. The molecule has 7 nitrogen and oxygen atoms in total. The number of aromatic nitrogens is 3. The van der Waals surface area contributed by atoms with Crippen LogP contribution >= 0.6 is 11.3 Å². The quantitative estimate of drug-likeness (QED) is 0.325. The molecule has 2 heterocycles. The molecule has 1 fully saturated rings. The van der Waals surface area contributed by atoms with E-state index in [9.17, 15) is 4.79 Å². The summed E-state index contributed by atoms with van der Waals surface area (Å²) >= 11 is 1.65. The highest BCUT2D eigenvalue weighted by molar-refractivity contribution is 7.15. The fraction of sp³-hybridized carbons (Fsp3) is 0.379. The number of thiazole rings is 1.